The molecule has 0 aromatic carbocycles. The molecule has 0 bridgehead atoms. The van der Waals surface area contributed by atoms with Crippen molar-refractivity contribution in [3.05, 3.63) is 15.1 Å². The van der Waals surface area contributed by atoms with Gasteiger partial charge in [-0.15, -0.1) is 0 Å². The Balaban J connectivity index is 2.10. The molecule has 2 unspecified atom stereocenters. The second-order valence-corrected chi connectivity index (χ2v) is 8.32. The van der Waals surface area contributed by atoms with Crippen molar-refractivity contribution < 1.29 is 0 Å². The zero-order valence-corrected chi connectivity index (χ0v) is 17.6. The lowest BCUT2D eigenvalue weighted by molar-refractivity contribution is 0.312. The van der Waals surface area contributed by atoms with Crippen molar-refractivity contribution in [1.29, 1.82) is 0 Å². The molecule has 1 N–H and O–H groups in total. The van der Waals surface area contributed by atoms with Crippen molar-refractivity contribution in [2.45, 2.75) is 58.0 Å². The van der Waals surface area contributed by atoms with E-state index in [-0.39, 0.29) is 5.56 Å². The summed E-state index contributed by atoms with van der Waals surface area (Å²) in [6, 6.07) is 0. The SMILES string of the molecule is CCCCC(CCSc1nc2c([nH]1)c(=O)n(C)c(=S)n2C)C(C)CC. The van der Waals surface area contributed by atoms with Gasteiger partial charge in [-0.25, -0.2) is 4.98 Å². The Hall–Kier alpha value is -1.08. The highest BCUT2D eigenvalue weighted by atomic mass is 32.2. The summed E-state index contributed by atoms with van der Waals surface area (Å²) in [6.07, 6.45) is 6.29. The van der Waals surface area contributed by atoms with Crippen molar-refractivity contribution >= 4 is 35.1 Å². The quantitative estimate of drug-likeness (QED) is 0.506. The third-order valence-electron chi connectivity index (χ3n) is 5.18. The van der Waals surface area contributed by atoms with Gasteiger partial charge in [0.1, 0.15) is 0 Å². The molecule has 2 aromatic heterocycles. The summed E-state index contributed by atoms with van der Waals surface area (Å²) in [5.74, 6) is 2.55. The fraction of sp³-hybridized carbons (Fsp3) is 0.722. The van der Waals surface area contributed by atoms with Gasteiger partial charge in [0, 0.05) is 19.8 Å². The number of aromatic amines is 1. The van der Waals surface area contributed by atoms with Crippen LogP contribution in [0, 0.1) is 16.6 Å². The molecule has 0 radical (unpaired) electrons. The second kappa shape index (κ2) is 9.03. The molecule has 25 heavy (non-hydrogen) atoms. The molecule has 0 aliphatic carbocycles. The van der Waals surface area contributed by atoms with E-state index < -0.39 is 0 Å². The molecule has 2 heterocycles. The van der Waals surface area contributed by atoms with Gasteiger partial charge in [0.2, 0.25) is 0 Å². The van der Waals surface area contributed by atoms with Gasteiger partial charge in [-0.2, -0.15) is 0 Å². The smallest absolute Gasteiger partial charge is 0.280 e. The van der Waals surface area contributed by atoms with Gasteiger partial charge in [-0.05, 0) is 30.5 Å². The van der Waals surface area contributed by atoms with Crippen molar-refractivity contribution in [3.8, 4) is 0 Å². The van der Waals surface area contributed by atoms with Crippen molar-refractivity contribution in [2.75, 3.05) is 5.75 Å². The molecule has 0 fully saturated rings. The summed E-state index contributed by atoms with van der Waals surface area (Å²) in [7, 11) is 3.55. The van der Waals surface area contributed by atoms with Crippen LogP contribution in [0.15, 0.2) is 9.95 Å². The first-order valence-electron chi connectivity index (χ1n) is 9.19. The number of nitrogens with one attached hydrogen (secondary N) is 1. The zero-order chi connectivity index (χ0) is 18.6. The Morgan fingerprint density at radius 3 is 2.60 bits per heavy atom. The molecule has 140 valence electrons. The number of unbranched alkanes of at least 4 members (excludes halogenated alkanes) is 1. The first kappa shape index (κ1) is 20.2. The van der Waals surface area contributed by atoms with E-state index in [1.165, 1.54) is 36.7 Å². The predicted molar refractivity (Wildman–Crippen MR) is 109 cm³/mol. The van der Waals surface area contributed by atoms with E-state index in [2.05, 4.69) is 30.7 Å². The monoisotopic (exact) mass is 382 g/mol. The topological polar surface area (TPSA) is 55.6 Å². The van der Waals surface area contributed by atoms with E-state index >= 15 is 0 Å². The zero-order valence-electron chi connectivity index (χ0n) is 16.0. The third-order valence-corrected chi connectivity index (χ3v) is 6.63. The van der Waals surface area contributed by atoms with Gasteiger partial charge in [0.25, 0.3) is 5.56 Å². The number of thioether (sulfide) groups is 1. The molecule has 0 aliphatic heterocycles. The van der Waals surface area contributed by atoms with Gasteiger partial charge in [-0.1, -0.05) is 58.2 Å². The molecule has 2 aromatic rings. The average Bonchev–Trinajstić information content (AvgIpc) is 3.04. The Bertz CT molecular complexity index is 821. The first-order valence-corrected chi connectivity index (χ1v) is 10.6. The maximum absolute atomic E-state index is 12.3. The minimum Gasteiger partial charge on any atom is -0.327 e. The fourth-order valence-corrected chi connectivity index (χ4v) is 4.30. The lowest BCUT2D eigenvalue weighted by atomic mass is 9.85. The van der Waals surface area contributed by atoms with Crippen molar-refractivity contribution in [2.24, 2.45) is 25.9 Å². The van der Waals surface area contributed by atoms with Crippen LogP contribution < -0.4 is 5.56 Å². The molecular formula is C18H30N4OS2. The van der Waals surface area contributed by atoms with Crippen LogP contribution in [-0.4, -0.2) is 24.9 Å². The van der Waals surface area contributed by atoms with E-state index in [1.807, 2.05) is 7.05 Å². The summed E-state index contributed by atoms with van der Waals surface area (Å²) in [4.78, 5) is 20.1. The third kappa shape index (κ3) is 4.56. The normalized spacial score (nSPS) is 14.1. The number of imidazole rings is 1. The summed E-state index contributed by atoms with van der Waals surface area (Å²) in [6.45, 7) is 6.89. The lowest BCUT2D eigenvalue weighted by Gasteiger charge is -2.22. The number of aromatic nitrogens is 4. The Morgan fingerprint density at radius 2 is 1.96 bits per heavy atom. The van der Waals surface area contributed by atoms with Crippen molar-refractivity contribution in [3.63, 3.8) is 0 Å². The van der Waals surface area contributed by atoms with Crippen LogP contribution in [0.2, 0.25) is 0 Å². The number of H-pyrrole nitrogens is 1. The summed E-state index contributed by atoms with van der Waals surface area (Å²) >= 11 is 6.99. The number of fused-ring (bicyclic) bond motifs is 1. The van der Waals surface area contributed by atoms with Crippen molar-refractivity contribution in [1.82, 2.24) is 19.1 Å². The number of hydrogen-bond donors (Lipinski definition) is 1. The van der Waals surface area contributed by atoms with Gasteiger partial charge in [-0.3, -0.25) is 9.36 Å². The Labute approximate surface area is 159 Å². The van der Waals surface area contributed by atoms with Gasteiger partial charge >= 0.3 is 0 Å². The summed E-state index contributed by atoms with van der Waals surface area (Å²) < 4.78 is 3.75. The van der Waals surface area contributed by atoms with Crippen LogP contribution in [0.5, 0.6) is 0 Å². The van der Waals surface area contributed by atoms with E-state index in [0.29, 0.717) is 15.9 Å². The minimum absolute atomic E-state index is 0.113. The van der Waals surface area contributed by atoms with Crippen LogP contribution >= 0.6 is 24.0 Å². The molecule has 0 spiro atoms. The molecular weight excluding hydrogens is 352 g/mol. The Morgan fingerprint density at radius 1 is 1.24 bits per heavy atom. The standard InChI is InChI=1S/C18H30N4OS2/c1-6-8-9-13(12(3)7-2)10-11-25-17-19-14-15(20-17)21(4)18(24)22(5)16(14)23/h12-13H,6-11H2,1-5H3,(H,19,20). The highest BCUT2D eigenvalue weighted by Crippen LogP contribution is 2.28. The van der Waals surface area contributed by atoms with Gasteiger partial charge in [0.15, 0.2) is 21.1 Å². The Kier molecular flexibility index (Phi) is 7.31. The lowest BCUT2D eigenvalue weighted by Crippen LogP contribution is -2.21. The van der Waals surface area contributed by atoms with Crippen LogP contribution in [0.4, 0.5) is 0 Å². The van der Waals surface area contributed by atoms with E-state index in [4.69, 9.17) is 12.2 Å². The molecule has 5 nitrogen and oxygen atoms in total. The summed E-state index contributed by atoms with van der Waals surface area (Å²) in [5, 5.41) is 0.807. The van der Waals surface area contributed by atoms with E-state index in [1.54, 1.807) is 23.4 Å². The minimum atomic E-state index is -0.113. The molecule has 2 rings (SSSR count). The van der Waals surface area contributed by atoms with Crippen LogP contribution in [-0.2, 0) is 14.1 Å². The van der Waals surface area contributed by atoms with Gasteiger partial charge in [0.05, 0.1) is 0 Å². The van der Waals surface area contributed by atoms with Gasteiger partial charge < -0.3 is 9.55 Å². The predicted octanol–water partition coefficient (Wildman–Crippen LogP) is 4.66. The number of nitrogens with zero attached hydrogens (tertiary/aromatic N) is 3. The molecule has 0 aliphatic rings. The maximum atomic E-state index is 12.3. The molecule has 2 atom stereocenters. The largest absolute Gasteiger partial charge is 0.327 e. The van der Waals surface area contributed by atoms with Crippen LogP contribution in [0.3, 0.4) is 0 Å². The first-order chi connectivity index (χ1) is 11.9. The fourth-order valence-electron chi connectivity index (χ4n) is 3.19. The second-order valence-electron chi connectivity index (χ2n) is 6.87. The van der Waals surface area contributed by atoms with E-state index in [9.17, 15) is 4.79 Å². The van der Waals surface area contributed by atoms with E-state index in [0.717, 1.165) is 22.7 Å². The maximum Gasteiger partial charge on any atom is 0.280 e. The number of rotatable bonds is 9. The van der Waals surface area contributed by atoms with Crippen LogP contribution in [0.25, 0.3) is 11.2 Å². The summed E-state index contributed by atoms with van der Waals surface area (Å²) in [5.41, 5.74) is 1.06. The molecule has 0 saturated carbocycles. The molecule has 0 saturated heterocycles. The molecule has 0 amide bonds. The average molecular weight is 383 g/mol. The molecule has 7 heteroatoms. The highest BCUT2D eigenvalue weighted by molar-refractivity contribution is 7.99. The van der Waals surface area contributed by atoms with Crippen LogP contribution in [0.1, 0.15) is 52.9 Å². The number of aryl methyl sites for hydroxylation is 1. The highest BCUT2D eigenvalue weighted by Gasteiger charge is 2.16. The number of hydrogen-bond acceptors (Lipinski definition) is 4.